The van der Waals surface area contributed by atoms with Crippen LogP contribution in [0.25, 0.3) is 0 Å². The molecule has 3 aromatic heterocycles. The number of fused-ring (bicyclic) bond motifs is 2. The van der Waals surface area contributed by atoms with E-state index in [1.54, 1.807) is 6.20 Å². The quantitative estimate of drug-likeness (QED) is 0.417. The summed E-state index contributed by atoms with van der Waals surface area (Å²) in [6, 6.07) is 2.08. The first kappa shape index (κ1) is 23.7. The molecule has 190 valence electrons. The van der Waals surface area contributed by atoms with Crippen LogP contribution in [0.1, 0.15) is 51.0 Å². The average molecular weight is 531 g/mol. The van der Waals surface area contributed by atoms with Gasteiger partial charge < -0.3 is 10.1 Å². The summed E-state index contributed by atoms with van der Waals surface area (Å²) < 4.78 is 34.8. The number of aryl methyl sites for hydroxylation is 1. The van der Waals surface area contributed by atoms with E-state index in [0.717, 1.165) is 36.2 Å². The molecule has 0 aromatic carbocycles. The number of ether oxygens (including phenoxy) is 1. The normalized spacial score (nSPS) is 26.9. The molecule has 1 aliphatic heterocycles. The zero-order chi connectivity index (χ0) is 25.0. The minimum absolute atomic E-state index is 0.113. The molecular weight excluding hydrogens is 504 g/mol. The topological polar surface area (TPSA) is 151 Å². The van der Waals surface area contributed by atoms with Crippen molar-refractivity contribution in [2.75, 3.05) is 18.5 Å². The smallest absolute Gasteiger partial charge is 0.333 e. The summed E-state index contributed by atoms with van der Waals surface area (Å²) >= 11 is 1.38. The molecule has 4 unspecified atom stereocenters. The summed E-state index contributed by atoms with van der Waals surface area (Å²) in [4.78, 5) is 22.5. The molecule has 0 amide bonds. The summed E-state index contributed by atoms with van der Waals surface area (Å²) in [6.07, 6.45) is 6.27. The number of aromatic nitrogens is 4. The molecule has 3 N–H and O–H groups in total. The molecule has 3 aliphatic rings. The van der Waals surface area contributed by atoms with Crippen LogP contribution < -0.4 is 10.5 Å². The molecule has 2 fully saturated rings. The maximum Gasteiger partial charge on any atom is 0.333 e. The number of ketones is 1. The average Bonchev–Trinajstić information content (AvgIpc) is 3.32. The number of thiophene rings is 1. The molecular formula is C23H26N6O5S2. The molecule has 0 radical (unpaired) electrons. The van der Waals surface area contributed by atoms with E-state index in [1.165, 1.54) is 17.7 Å². The largest absolute Gasteiger partial charge is 0.366 e. The molecule has 0 saturated heterocycles. The lowest BCUT2D eigenvalue weighted by atomic mass is 10.0. The Morgan fingerprint density at radius 2 is 2.14 bits per heavy atom. The lowest BCUT2D eigenvalue weighted by Crippen LogP contribution is -2.23. The van der Waals surface area contributed by atoms with Crippen molar-refractivity contribution in [3.8, 4) is 0 Å². The van der Waals surface area contributed by atoms with Gasteiger partial charge in [0.2, 0.25) is 5.78 Å². The number of anilines is 1. The molecule has 36 heavy (non-hydrogen) atoms. The van der Waals surface area contributed by atoms with Gasteiger partial charge in [0.25, 0.3) is 0 Å². The minimum atomic E-state index is -3.92. The van der Waals surface area contributed by atoms with Gasteiger partial charge in [-0.05, 0) is 60.1 Å². The number of carbonyl (C=O) groups is 1. The van der Waals surface area contributed by atoms with Gasteiger partial charge in [-0.3, -0.25) is 13.7 Å². The van der Waals surface area contributed by atoms with Crippen LogP contribution in [0.15, 0.2) is 30.2 Å². The Kier molecular flexibility index (Phi) is 5.91. The van der Waals surface area contributed by atoms with E-state index in [4.69, 9.17) is 14.1 Å². The number of nitrogens with zero attached hydrogens (tertiary/aromatic N) is 4. The molecule has 11 nitrogen and oxygen atoms in total. The molecule has 2 aliphatic carbocycles. The van der Waals surface area contributed by atoms with Gasteiger partial charge in [-0.1, -0.05) is 0 Å². The van der Waals surface area contributed by atoms with E-state index in [-0.39, 0.29) is 30.5 Å². The molecule has 0 bridgehead atoms. The van der Waals surface area contributed by atoms with Crippen LogP contribution in [0, 0.1) is 24.7 Å². The zero-order valence-corrected chi connectivity index (χ0v) is 21.2. The second-order valence-electron chi connectivity index (χ2n) is 9.66. The lowest BCUT2D eigenvalue weighted by molar-refractivity contribution is 0.0420. The van der Waals surface area contributed by atoms with Crippen molar-refractivity contribution in [2.45, 2.75) is 38.5 Å². The second-order valence-corrected chi connectivity index (χ2v) is 11.8. The number of nitrogens with one attached hydrogen (secondary N) is 1. The number of nitrogens with two attached hydrogens (primary N) is 1. The first-order valence-electron chi connectivity index (χ1n) is 11.8. The highest BCUT2D eigenvalue weighted by molar-refractivity contribution is 7.84. The van der Waals surface area contributed by atoms with Crippen molar-refractivity contribution in [2.24, 2.45) is 22.9 Å². The van der Waals surface area contributed by atoms with Gasteiger partial charge in [-0.25, -0.2) is 15.1 Å². The fraction of sp³-hybridized carbons (Fsp3) is 0.478. The predicted octanol–water partition coefficient (Wildman–Crippen LogP) is 2.05. The van der Waals surface area contributed by atoms with Crippen LogP contribution in [-0.4, -0.2) is 53.2 Å². The Morgan fingerprint density at radius 1 is 1.33 bits per heavy atom. The van der Waals surface area contributed by atoms with Crippen molar-refractivity contribution in [3.63, 3.8) is 0 Å². The molecule has 2 saturated carbocycles. The van der Waals surface area contributed by atoms with Gasteiger partial charge in [0, 0.05) is 12.2 Å². The Morgan fingerprint density at radius 3 is 2.92 bits per heavy atom. The van der Waals surface area contributed by atoms with Gasteiger partial charge >= 0.3 is 10.3 Å². The van der Waals surface area contributed by atoms with Crippen molar-refractivity contribution in [1.82, 2.24) is 19.7 Å². The summed E-state index contributed by atoms with van der Waals surface area (Å²) in [5.74, 6) is 1.32. The molecule has 5 atom stereocenters. The summed E-state index contributed by atoms with van der Waals surface area (Å²) in [6.45, 7) is 3.41. The number of rotatable bonds is 8. The van der Waals surface area contributed by atoms with Crippen LogP contribution in [0.5, 0.6) is 0 Å². The molecule has 0 spiro atoms. The van der Waals surface area contributed by atoms with Crippen LogP contribution >= 0.6 is 11.3 Å². The third-order valence-electron chi connectivity index (χ3n) is 7.33. The highest BCUT2D eigenvalue weighted by atomic mass is 32.2. The van der Waals surface area contributed by atoms with Crippen molar-refractivity contribution >= 4 is 33.2 Å². The predicted molar refractivity (Wildman–Crippen MR) is 131 cm³/mol. The number of hydrogen-bond donors (Lipinski definition) is 2. The minimum Gasteiger partial charge on any atom is -0.366 e. The van der Waals surface area contributed by atoms with E-state index in [1.807, 2.05) is 29.2 Å². The van der Waals surface area contributed by atoms with Crippen LogP contribution in [0.4, 0.5) is 5.82 Å². The zero-order valence-electron chi connectivity index (χ0n) is 19.5. The SMILES string of the molecule is Cc1cnn2c1C(c1csc(C(=O)c3cncnc3NC3C4CC(COS(N)(=O)=O)C[C@H]43)c1)OCC2. The maximum atomic E-state index is 13.5. The first-order valence-corrected chi connectivity index (χ1v) is 14.1. The van der Waals surface area contributed by atoms with E-state index in [0.29, 0.717) is 34.7 Å². The fourth-order valence-electron chi connectivity index (χ4n) is 5.60. The summed E-state index contributed by atoms with van der Waals surface area (Å²) in [7, 11) is -3.92. The van der Waals surface area contributed by atoms with E-state index < -0.39 is 10.3 Å². The number of carbonyl (C=O) groups excluding carboxylic acids is 1. The van der Waals surface area contributed by atoms with E-state index in [9.17, 15) is 13.2 Å². The van der Waals surface area contributed by atoms with Gasteiger partial charge in [0.1, 0.15) is 18.2 Å². The van der Waals surface area contributed by atoms with Gasteiger partial charge in [0.05, 0.1) is 42.1 Å². The highest BCUT2D eigenvalue weighted by Gasteiger charge is 2.56. The standard InChI is InChI=1S/C23H26N6O5S2/c1-12-7-27-29-2-3-33-22(20(12)29)14-6-18(35-10-14)21(30)17-8-25-11-26-23(17)28-19-15-4-13(5-16(15)19)9-34-36(24,31)32/h6-8,10-11,13,15-16,19,22H,2-5,9H2,1H3,(H2,24,31,32)(H,25,26,28)/t13?,15-,16?,19?,22?/m1/s1. The first-order chi connectivity index (χ1) is 17.3. The Labute approximate surface area is 212 Å². The summed E-state index contributed by atoms with van der Waals surface area (Å²) in [5, 5.41) is 14.7. The Hall–Kier alpha value is -2.71. The third-order valence-corrected chi connectivity index (χ3v) is 8.74. The second kappa shape index (κ2) is 8.99. The molecule has 4 heterocycles. The van der Waals surface area contributed by atoms with Crippen LogP contribution in [0.3, 0.4) is 0 Å². The van der Waals surface area contributed by atoms with Gasteiger partial charge in [-0.15, -0.1) is 11.3 Å². The molecule has 13 heteroatoms. The van der Waals surface area contributed by atoms with Crippen LogP contribution in [-0.2, 0) is 25.8 Å². The molecule has 6 rings (SSSR count). The van der Waals surface area contributed by atoms with E-state index in [2.05, 4.69) is 20.4 Å². The summed E-state index contributed by atoms with van der Waals surface area (Å²) in [5.41, 5.74) is 3.45. The Bertz CT molecular complexity index is 1410. The number of hydrogen-bond acceptors (Lipinski definition) is 10. The fourth-order valence-corrected chi connectivity index (χ4v) is 6.86. The van der Waals surface area contributed by atoms with Crippen molar-refractivity contribution in [1.29, 1.82) is 0 Å². The monoisotopic (exact) mass is 530 g/mol. The van der Waals surface area contributed by atoms with Crippen molar-refractivity contribution < 1.29 is 22.1 Å². The highest BCUT2D eigenvalue weighted by Crippen LogP contribution is 2.55. The van der Waals surface area contributed by atoms with Gasteiger partial charge in [0.15, 0.2) is 0 Å². The maximum absolute atomic E-state index is 13.5. The lowest BCUT2D eigenvalue weighted by Gasteiger charge is -2.24. The molecule has 3 aromatic rings. The van der Waals surface area contributed by atoms with Crippen molar-refractivity contribution in [3.05, 3.63) is 57.4 Å². The van der Waals surface area contributed by atoms with E-state index >= 15 is 0 Å². The third kappa shape index (κ3) is 4.45. The van der Waals surface area contributed by atoms with Gasteiger partial charge in [-0.2, -0.15) is 13.5 Å². The van der Waals surface area contributed by atoms with Crippen LogP contribution in [0.2, 0.25) is 0 Å². The Balaban J connectivity index is 1.14.